The van der Waals surface area contributed by atoms with Crippen molar-refractivity contribution in [3.05, 3.63) is 46.0 Å². The van der Waals surface area contributed by atoms with E-state index in [-0.39, 0.29) is 36.2 Å². The Bertz CT molecular complexity index is 922. The fraction of sp³-hybridized carbons (Fsp3) is 0.333. The van der Waals surface area contributed by atoms with Gasteiger partial charge in [0.25, 0.3) is 5.56 Å². The number of nitrogens with zero attached hydrogens (tertiary/aromatic N) is 2. The van der Waals surface area contributed by atoms with E-state index in [9.17, 15) is 14.4 Å². The van der Waals surface area contributed by atoms with Crippen LogP contribution in [0.15, 0.2) is 29.1 Å². The Hall–Kier alpha value is -3.16. The summed E-state index contributed by atoms with van der Waals surface area (Å²) in [6, 6.07) is 6.77. The van der Waals surface area contributed by atoms with Gasteiger partial charge in [0, 0.05) is 19.0 Å². The standard InChI is InChI=1S/C18H20N4O4/c1-10-4-5-14(26-3)13(6-10)22-9-12(7-17(22)24)18(25)21-15-8-16(23)20-11(2)19-15/h4-6,8,12H,7,9H2,1-3H3,(H2,19,20,21,23,25). The van der Waals surface area contributed by atoms with Crippen LogP contribution in [0.1, 0.15) is 17.8 Å². The number of rotatable bonds is 4. The number of anilines is 2. The minimum Gasteiger partial charge on any atom is -0.495 e. The molecule has 0 aliphatic carbocycles. The molecule has 1 saturated heterocycles. The van der Waals surface area contributed by atoms with Crippen molar-refractivity contribution in [2.45, 2.75) is 20.3 Å². The molecule has 2 heterocycles. The van der Waals surface area contributed by atoms with Crippen molar-refractivity contribution >= 4 is 23.3 Å². The number of benzene rings is 1. The van der Waals surface area contributed by atoms with Gasteiger partial charge < -0.3 is 19.9 Å². The lowest BCUT2D eigenvalue weighted by Gasteiger charge is -2.20. The third-order valence-electron chi connectivity index (χ3n) is 4.23. The molecule has 0 bridgehead atoms. The van der Waals surface area contributed by atoms with Crippen LogP contribution in [0.2, 0.25) is 0 Å². The van der Waals surface area contributed by atoms with Gasteiger partial charge in [0.15, 0.2) is 0 Å². The molecule has 136 valence electrons. The van der Waals surface area contributed by atoms with E-state index < -0.39 is 5.92 Å². The monoisotopic (exact) mass is 356 g/mol. The SMILES string of the molecule is COc1ccc(C)cc1N1CC(C(=O)Nc2cc(=O)[nH]c(C)n2)CC1=O. The quantitative estimate of drug-likeness (QED) is 0.861. The molecule has 0 radical (unpaired) electrons. The fourth-order valence-electron chi connectivity index (χ4n) is 3.00. The van der Waals surface area contributed by atoms with E-state index in [1.54, 1.807) is 25.0 Å². The maximum absolute atomic E-state index is 12.5. The molecule has 1 aliphatic rings. The van der Waals surface area contributed by atoms with Gasteiger partial charge in [-0.3, -0.25) is 14.4 Å². The molecule has 0 saturated carbocycles. The van der Waals surface area contributed by atoms with Crippen LogP contribution in [0.5, 0.6) is 5.75 Å². The van der Waals surface area contributed by atoms with Crippen LogP contribution < -0.4 is 20.5 Å². The zero-order valence-corrected chi connectivity index (χ0v) is 14.8. The molecular formula is C18H20N4O4. The Labute approximate surface area is 150 Å². The molecule has 1 aromatic heterocycles. The highest BCUT2D eigenvalue weighted by atomic mass is 16.5. The van der Waals surface area contributed by atoms with Crippen molar-refractivity contribution < 1.29 is 14.3 Å². The third-order valence-corrected chi connectivity index (χ3v) is 4.23. The van der Waals surface area contributed by atoms with Gasteiger partial charge in [-0.25, -0.2) is 4.98 Å². The van der Waals surface area contributed by atoms with Gasteiger partial charge in [0.1, 0.15) is 17.4 Å². The molecule has 3 rings (SSSR count). The average Bonchev–Trinajstić information content (AvgIpc) is 2.95. The number of ether oxygens (including phenoxy) is 1. The number of carbonyl (C=O) groups excluding carboxylic acids is 2. The summed E-state index contributed by atoms with van der Waals surface area (Å²) in [5.74, 6) is 0.136. The van der Waals surface area contributed by atoms with Crippen LogP contribution in [0, 0.1) is 19.8 Å². The Morgan fingerprint density at radius 2 is 2.08 bits per heavy atom. The van der Waals surface area contributed by atoms with Crippen molar-refractivity contribution in [3.8, 4) is 5.75 Å². The molecule has 8 heteroatoms. The van der Waals surface area contributed by atoms with Crippen molar-refractivity contribution in [2.24, 2.45) is 5.92 Å². The van der Waals surface area contributed by atoms with E-state index in [2.05, 4.69) is 15.3 Å². The number of aromatic nitrogens is 2. The molecule has 0 spiro atoms. The van der Waals surface area contributed by atoms with Crippen LogP contribution in [0.25, 0.3) is 0 Å². The van der Waals surface area contributed by atoms with Crippen LogP contribution in [-0.2, 0) is 9.59 Å². The molecular weight excluding hydrogens is 336 g/mol. The minimum absolute atomic E-state index is 0.0884. The van der Waals surface area contributed by atoms with E-state index in [1.807, 2.05) is 19.1 Å². The summed E-state index contributed by atoms with van der Waals surface area (Å²) < 4.78 is 5.34. The summed E-state index contributed by atoms with van der Waals surface area (Å²) in [6.07, 6.45) is 0.0884. The molecule has 26 heavy (non-hydrogen) atoms. The fourth-order valence-corrected chi connectivity index (χ4v) is 3.00. The maximum atomic E-state index is 12.5. The van der Waals surface area contributed by atoms with E-state index in [1.165, 1.54) is 6.07 Å². The van der Waals surface area contributed by atoms with E-state index in [0.29, 0.717) is 17.3 Å². The first-order valence-corrected chi connectivity index (χ1v) is 8.21. The second kappa shape index (κ2) is 6.99. The van der Waals surface area contributed by atoms with E-state index in [4.69, 9.17) is 4.74 Å². The van der Waals surface area contributed by atoms with Crippen molar-refractivity contribution in [1.82, 2.24) is 9.97 Å². The van der Waals surface area contributed by atoms with Gasteiger partial charge in [-0.2, -0.15) is 0 Å². The molecule has 2 amide bonds. The largest absolute Gasteiger partial charge is 0.495 e. The number of aromatic amines is 1. The zero-order valence-electron chi connectivity index (χ0n) is 14.8. The summed E-state index contributed by atoms with van der Waals surface area (Å²) in [7, 11) is 1.54. The first-order chi connectivity index (χ1) is 12.4. The second-order valence-corrected chi connectivity index (χ2v) is 6.29. The van der Waals surface area contributed by atoms with E-state index in [0.717, 1.165) is 5.56 Å². The molecule has 1 unspecified atom stereocenters. The Morgan fingerprint density at radius 3 is 2.77 bits per heavy atom. The molecule has 2 N–H and O–H groups in total. The number of carbonyl (C=O) groups is 2. The Balaban J connectivity index is 1.78. The normalized spacial score (nSPS) is 16.7. The number of hydrogen-bond donors (Lipinski definition) is 2. The molecule has 8 nitrogen and oxygen atoms in total. The highest BCUT2D eigenvalue weighted by Gasteiger charge is 2.36. The smallest absolute Gasteiger partial charge is 0.252 e. The average molecular weight is 356 g/mol. The lowest BCUT2D eigenvalue weighted by atomic mass is 10.1. The third kappa shape index (κ3) is 3.58. The van der Waals surface area contributed by atoms with Crippen LogP contribution in [0.3, 0.4) is 0 Å². The summed E-state index contributed by atoms with van der Waals surface area (Å²) in [5, 5.41) is 2.62. The Kier molecular flexibility index (Phi) is 4.75. The Morgan fingerprint density at radius 1 is 1.31 bits per heavy atom. The lowest BCUT2D eigenvalue weighted by Crippen LogP contribution is -2.29. The van der Waals surface area contributed by atoms with Crippen molar-refractivity contribution in [3.63, 3.8) is 0 Å². The second-order valence-electron chi connectivity index (χ2n) is 6.29. The van der Waals surface area contributed by atoms with Crippen molar-refractivity contribution in [2.75, 3.05) is 23.9 Å². The summed E-state index contributed by atoms with van der Waals surface area (Å²) in [5.41, 5.74) is 1.30. The molecule has 1 atom stereocenters. The summed E-state index contributed by atoms with van der Waals surface area (Å²) in [6.45, 7) is 3.79. The summed E-state index contributed by atoms with van der Waals surface area (Å²) >= 11 is 0. The number of nitrogens with one attached hydrogen (secondary N) is 2. The predicted octanol–water partition coefficient (Wildman–Crippen LogP) is 1.39. The van der Waals surface area contributed by atoms with Crippen molar-refractivity contribution in [1.29, 1.82) is 0 Å². The minimum atomic E-state index is -0.533. The number of hydrogen-bond acceptors (Lipinski definition) is 5. The number of H-pyrrole nitrogens is 1. The number of methoxy groups -OCH3 is 1. The van der Waals surface area contributed by atoms with Crippen LogP contribution in [-0.4, -0.2) is 35.4 Å². The van der Waals surface area contributed by atoms with Crippen LogP contribution >= 0.6 is 0 Å². The molecule has 1 fully saturated rings. The molecule has 1 aliphatic heterocycles. The number of aryl methyl sites for hydroxylation is 2. The highest BCUT2D eigenvalue weighted by molar-refractivity contribution is 6.04. The lowest BCUT2D eigenvalue weighted by molar-refractivity contribution is -0.122. The number of amides is 2. The maximum Gasteiger partial charge on any atom is 0.252 e. The predicted molar refractivity (Wildman–Crippen MR) is 96.4 cm³/mol. The van der Waals surface area contributed by atoms with Gasteiger partial charge in [-0.05, 0) is 31.5 Å². The van der Waals surface area contributed by atoms with Crippen LogP contribution in [0.4, 0.5) is 11.5 Å². The topological polar surface area (TPSA) is 104 Å². The van der Waals surface area contributed by atoms with Gasteiger partial charge in [0.05, 0.1) is 18.7 Å². The molecule has 2 aromatic rings. The van der Waals surface area contributed by atoms with Gasteiger partial charge in [0.2, 0.25) is 11.8 Å². The summed E-state index contributed by atoms with van der Waals surface area (Å²) in [4.78, 5) is 44.6. The van der Waals surface area contributed by atoms with E-state index >= 15 is 0 Å². The molecule has 1 aromatic carbocycles. The first-order valence-electron chi connectivity index (χ1n) is 8.21. The van der Waals surface area contributed by atoms with Gasteiger partial charge >= 0.3 is 0 Å². The zero-order chi connectivity index (χ0) is 18.8. The first kappa shape index (κ1) is 17.7. The van der Waals surface area contributed by atoms with Gasteiger partial charge in [-0.15, -0.1) is 0 Å². The van der Waals surface area contributed by atoms with Gasteiger partial charge in [-0.1, -0.05) is 6.07 Å². The highest BCUT2D eigenvalue weighted by Crippen LogP contribution is 2.34.